The summed E-state index contributed by atoms with van der Waals surface area (Å²) in [5, 5.41) is 12.3. The Morgan fingerprint density at radius 2 is 2.37 bits per heavy atom. The second-order valence-corrected chi connectivity index (χ2v) is 5.07. The van der Waals surface area contributed by atoms with Gasteiger partial charge < -0.3 is 10.4 Å². The Balaban J connectivity index is 1.99. The van der Waals surface area contributed by atoms with Crippen LogP contribution in [0.1, 0.15) is 11.4 Å². The molecule has 0 fully saturated rings. The number of imidazole rings is 1. The van der Waals surface area contributed by atoms with Gasteiger partial charge in [-0.15, -0.1) is 11.3 Å². The number of hydrogen-bond donors (Lipinski definition) is 2. The van der Waals surface area contributed by atoms with Crippen molar-refractivity contribution in [3.63, 3.8) is 0 Å². The summed E-state index contributed by atoms with van der Waals surface area (Å²) < 4.78 is 27.3. The minimum Gasteiger partial charge on any atom is -0.390 e. The highest BCUT2D eigenvalue weighted by Gasteiger charge is 2.28. The lowest BCUT2D eigenvalue weighted by Crippen LogP contribution is -2.39. The number of carbonyl (C=O) groups is 1. The molecule has 8 heteroatoms. The maximum atomic E-state index is 12.8. The van der Waals surface area contributed by atoms with E-state index in [1.807, 2.05) is 6.92 Å². The highest BCUT2D eigenvalue weighted by Crippen LogP contribution is 2.17. The van der Waals surface area contributed by atoms with Crippen molar-refractivity contribution >= 4 is 22.2 Å². The Hall–Kier alpha value is -1.54. The minimum atomic E-state index is -3.29. The van der Waals surface area contributed by atoms with Crippen LogP contribution in [0, 0.1) is 6.92 Å². The SMILES string of the molecule is Cc1cn2c(CC(=O)NCC(F)(F)CO)csc2n1. The van der Waals surface area contributed by atoms with Crippen molar-refractivity contribution in [1.82, 2.24) is 14.7 Å². The van der Waals surface area contributed by atoms with Crippen LogP contribution >= 0.6 is 11.3 Å². The van der Waals surface area contributed by atoms with Crippen LogP contribution in [0.2, 0.25) is 0 Å². The number of aliphatic hydroxyl groups excluding tert-OH is 1. The van der Waals surface area contributed by atoms with E-state index in [4.69, 9.17) is 5.11 Å². The highest BCUT2D eigenvalue weighted by atomic mass is 32.1. The summed E-state index contributed by atoms with van der Waals surface area (Å²) in [5.74, 6) is -3.80. The maximum absolute atomic E-state index is 12.8. The fourth-order valence-corrected chi connectivity index (χ4v) is 2.50. The first-order chi connectivity index (χ1) is 8.91. The molecule has 19 heavy (non-hydrogen) atoms. The molecule has 0 radical (unpaired) electrons. The number of halogens is 2. The van der Waals surface area contributed by atoms with Gasteiger partial charge in [0.1, 0.15) is 6.61 Å². The summed E-state index contributed by atoms with van der Waals surface area (Å²) in [4.78, 5) is 16.6. The van der Waals surface area contributed by atoms with E-state index in [-0.39, 0.29) is 6.42 Å². The number of fused-ring (bicyclic) bond motifs is 1. The third-order valence-electron chi connectivity index (χ3n) is 2.52. The smallest absolute Gasteiger partial charge is 0.287 e. The van der Waals surface area contributed by atoms with Crippen LogP contribution in [0.15, 0.2) is 11.6 Å². The van der Waals surface area contributed by atoms with Crippen LogP contribution in [0.25, 0.3) is 4.96 Å². The van der Waals surface area contributed by atoms with Crippen LogP contribution < -0.4 is 5.32 Å². The van der Waals surface area contributed by atoms with Crippen LogP contribution in [-0.2, 0) is 11.2 Å². The number of aryl methyl sites for hydroxylation is 1. The Bertz CT molecular complexity index is 594. The average Bonchev–Trinajstić information content (AvgIpc) is 2.88. The lowest BCUT2D eigenvalue weighted by atomic mass is 10.3. The van der Waals surface area contributed by atoms with Crippen molar-refractivity contribution in [2.75, 3.05) is 13.2 Å². The van der Waals surface area contributed by atoms with E-state index in [1.54, 1.807) is 16.0 Å². The standard InChI is InChI=1S/C11H13F2N3O2S/c1-7-3-16-8(4-19-10(16)15-7)2-9(18)14-5-11(12,13)6-17/h3-4,17H,2,5-6H2,1H3,(H,14,18). The second kappa shape index (κ2) is 5.22. The number of aliphatic hydroxyl groups is 1. The number of amides is 1. The van der Waals surface area contributed by atoms with Crippen LogP contribution in [0.4, 0.5) is 8.78 Å². The molecule has 104 valence electrons. The molecule has 0 atom stereocenters. The maximum Gasteiger partial charge on any atom is 0.287 e. The van der Waals surface area contributed by atoms with E-state index >= 15 is 0 Å². The molecule has 5 nitrogen and oxygen atoms in total. The normalized spacial score (nSPS) is 12.0. The molecular formula is C11H13F2N3O2S. The molecule has 2 rings (SSSR count). The van der Waals surface area contributed by atoms with Crippen molar-refractivity contribution in [2.24, 2.45) is 0 Å². The minimum absolute atomic E-state index is 0.00267. The zero-order chi connectivity index (χ0) is 14.0. The third-order valence-corrected chi connectivity index (χ3v) is 3.41. The van der Waals surface area contributed by atoms with Gasteiger partial charge in [-0.25, -0.2) is 13.8 Å². The lowest BCUT2D eigenvalue weighted by molar-refractivity contribution is -0.123. The molecule has 0 aromatic carbocycles. The van der Waals surface area contributed by atoms with Crippen molar-refractivity contribution in [3.8, 4) is 0 Å². The van der Waals surface area contributed by atoms with Gasteiger partial charge in [0.05, 0.1) is 18.7 Å². The fraction of sp³-hybridized carbons (Fsp3) is 0.455. The van der Waals surface area contributed by atoms with E-state index < -0.39 is 25.0 Å². The lowest BCUT2D eigenvalue weighted by Gasteiger charge is -2.13. The number of carbonyl (C=O) groups excluding carboxylic acids is 1. The molecule has 2 heterocycles. The third kappa shape index (κ3) is 3.27. The summed E-state index contributed by atoms with van der Waals surface area (Å²) in [6.45, 7) is -0.305. The molecule has 0 spiro atoms. The number of aromatic nitrogens is 2. The first-order valence-electron chi connectivity index (χ1n) is 5.59. The van der Waals surface area contributed by atoms with E-state index in [0.717, 1.165) is 10.7 Å². The molecule has 0 saturated heterocycles. The summed E-state index contributed by atoms with van der Waals surface area (Å²) in [5.41, 5.74) is 1.53. The van der Waals surface area contributed by atoms with E-state index in [1.165, 1.54) is 11.3 Å². The summed E-state index contributed by atoms with van der Waals surface area (Å²) in [7, 11) is 0. The van der Waals surface area contributed by atoms with Gasteiger partial charge >= 0.3 is 0 Å². The summed E-state index contributed by atoms with van der Waals surface area (Å²) in [6.07, 6.45) is 1.79. The molecule has 1 amide bonds. The molecule has 2 aromatic heterocycles. The number of thiazole rings is 1. The van der Waals surface area contributed by atoms with Gasteiger partial charge in [0.2, 0.25) is 5.91 Å². The fourth-order valence-electron chi connectivity index (χ4n) is 1.58. The molecular weight excluding hydrogens is 276 g/mol. The number of nitrogens with one attached hydrogen (secondary N) is 1. The molecule has 0 aliphatic carbocycles. The zero-order valence-corrected chi connectivity index (χ0v) is 11.0. The predicted molar refractivity (Wildman–Crippen MR) is 66.6 cm³/mol. The van der Waals surface area contributed by atoms with Crippen molar-refractivity contribution < 1.29 is 18.7 Å². The Morgan fingerprint density at radius 1 is 1.63 bits per heavy atom. The number of nitrogens with zero attached hydrogens (tertiary/aromatic N) is 2. The van der Waals surface area contributed by atoms with Crippen LogP contribution in [-0.4, -0.2) is 39.5 Å². The van der Waals surface area contributed by atoms with Gasteiger partial charge in [-0.1, -0.05) is 0 Å². The van der Waals surface area contributed by atoms with Crippen LogP contribution in [0.5, 0.6) is 0 Å². The predicted octanol–water partition coefficient (Wildman–Crippen LogP) is 0.991. The number of hydrogen-bond acceptors (Lipinski definition) is 4. The molecule has 0 aliphatic heterocycles. The van der Waals surface area contributed by atoms with E-state index in [9.17, 15) is 13.6 Å². The Kier molecular flexibility index (Phi) is 3.81. The molecule has 2 aromatic rings. The van der Waals surface area contributed by atoms with Gasteiger partial charge in [0.15, 0.2) is 4.96 Å². The topological polar surface area (TPSA) is 66.6 Å². The monoisotopic (exact) mass is 289 g/mol. The van der Waals surface area contributed by atoms with E-state index in [0.29, 0.717) is 5.69 Å². The van der Waals surface area contributed by atoms with Crippen LogP contribution in [0.3, 0.4) is 0 Å². The first-order valence-corrected chi connectivity index (χ1v) is 6.47. The van der Waals surface area contributed by atoms with Gasteiger partial charge in [-0.3, -0.25) is 9.20 Å². The summed E-state index contributed by atoms with van der Waals surface area (Å²) >= 11 is 1.39. The molecule has 0 bridgehead atoms. The van der Waals surface area contributed by atoms with Gasteiger partial charge in [0, 0.05) is 17.3 Å². The van der Waals surface area contributed by atoms with Gasteiger partial charge in [0.25, 0.3) is 5.92 Å². The zero-order valence-electron chi connectivity index (χ0n) is 10.2. The van der Waals surface area contributed by atoms with E-state index in [2.05, 4.69) is 10.3 Å². The average molecular weight is 289 g/mol. The number of rotatable bonds is 5. The molecule has 0 unspecified atom stereocenters. The van der Waals surface area contributed by atoms with Crippen molar-refractivity contribution in [2.45, 2.75) is 19.3 Å². The Morgan fingerprint density at radius 3 is 3.05 bits per heavy atom. The largest absolute Gasteiger partial charge is 0.390 e. The van der Waals surface area contributed by atoms with Crippen molar-refractivity contribution in [3.05, 3.63) is 23.0 Å². The molecule has 2 N–H and O–H groups in total. The van der Waals surface area contributed by atoms with Gasteiger partial charge in [-0.2, -0.15) is 0 Å². The summed E-state index contributed by atoms with van der Waals surface area (Å²) in [6, 6.07) is 0. The van der Waals surface area contributed by atoms with Gasteiger partial charge in [-0.05, 0) is 6.92 Å². The first kappa shape index (κ1) is 13.9. The number of alkyl halides is 2. The Labute approximate surface area is 111 Å². The molecule has 0 aliphatic rings. The molecule has 0 saturated carbocycles. The van der Waals surface area contributed by atoms with Crippen molar-refractivity contribution in [1.29, 1.82) is 0 Å². The second-order valence-electron chi connectivity index (χ2n) is 4.23. The quantitative estimate of drug-likeness (QED) is 0.862. The highest BCUT2D eigenvalue weighted by molar-refractivity contribution is 7.15.